The fraction of sp³-hybridized carbons (Fsp3) is 0.250. The van der Waals surface area contributed by atoms with Crippen LogP contribution in [0.5, 0.6) is 0 Å². The lowest BCUT2D eigenvalue weighted by Crippen LogP contribution is -2.05. The molecule has 0 bridgehead atoms. The van der Waals surface area contributed by atoms with E-state index in [0.717, 1.165) is 5.56 Å². The Morgan fingerprint density at radius 2 is 2.00 bits per heavy atom. The van der Waals surface area contributed by atoms with E-state index in [1.807, 2.05) is 30.3 Å². The van der Waals surface area contributed by atoms with Crippen LogP contribution in [0, 0.1) is 10.1 Å². The van der Waals surface area contributed by atoms with Crippen LogP contribution >= 0.6 is 0 Å². The molecule has 0 aromatic heterocycles. The largest absolute Gasteiger partial charge is 0.286 e. The minimum absolute atomic E-state index is 0.0822. The summed E-state index contributed by atoms with van der Waals surface area (Å²) in [5.74, 6) is 0. The van der Waals surface area contributed by atoms with Crippen molar-refractivity contribution in [1.29, 1.82) is 0 Å². The van der Waals surface area contributed by atoms with E-state index in [2.05, 4.69) is 5.32 Å². The van der Waals surface area contributed by atoms with Gasteiger partial charge in [0.25, 0.3) is 6.17 Å². The molecule has 2 unspecified atom stereocenters. The molecular formula is C8H8N2O2. The minimum Gasteiger partial charge on any atom is -0.263 e. The van der Waals surface area contributed by atoms with Crippen molar-refractivity contribution in [2.75, 3.05) is 0 Å². The second kappa shape index (κ2) is 2.57. The van der Waals surface area contributed by atoms with E-state index in [1.165, 1.54) is 0 Å². The molecule has 0 aliphatic carbocycles. The number of nitrogens with zero attached hydrogens (tertiary/aromatic N) is 1. The highest BCUT2D eigenvalue weighted by Gasteiger charge is 2.48. The van der Waals surface area contributed by atoms with Gasteiger partial charge in [-0.3, -0.25) is 10.1 Å². The minimum atomic E-state index is -0.576. The number of rotatable bonds is 2. The van der Waals surface area contributed by atoms with E-state index >= 15 is 0 Å². The zero-order valence-electron chi connectivity index (χ0n) is 6.31. The second-order valence-electron chi connectivity index (χ2n) is 2.79. The van der Waals surface area contributed by atoms with Crippen LogP contribution in [0.4, 0.5) is 0 Å². The smallest absolute Gasteiger partial charge is 0.263 e. The van der Waals surface area contributed by atoms with Gasteiger partial charge in [-0.05, 0) is 5.56 Å². The number of nitrogens with one attached hydrogen (secondary N) is 1. The van der Waals surface area contributed by atoms with Crippen LogP contribution in [-0.2, 0) is 0 Å². The van der Waals surface area contributed by atoms with E-state index in [4.69, 9.17) is 0 Å². The number of hydrogen-bond acceptors (Lipinski definition) is 3. The third kappa shape index (κ3) is 1.16. The van der Waals surface area contributed by atoms with Crippen molar-refractivity contribution >= 4 is 0 Å². The molecule has 0 saturated carbocycles. The molecule has 1 fully saturated rings. The van der Waals surface area contributed by atoms with Gasteiger partial charge in [0.15, 0.2) is 0 Å². The number of benzene rings is 1. The maximum Gasteiger partial charge on any atom is 0.286 e. The lowest BCUT2D eigenvalue weighted by atomic mass is 10.1. The molecule has 2 atom stereocenters. The van der Waals surface area contributed by atoms with E-state index in [9.17, 15) is 10.1 Å². The molecule has 0 amide bonds. The SMILES string of the molecule is O=[N+]([O-])C1NC1c1ccccc1. The summed E-state index contributed by atoms with van der Waals surface area (Å²) in [6, 6.07) is 9.36. The number of hydrogen-bond donors (Lipinski definition) is 1. The van der Waals surface area contributed by atoms with Gasteiger partial charge in [0.2, 0.25) is 0 Å². The molecule has 1 N–H and O–H groups in total. The molecule has 4 heteroatoms. The van der Waals surface area contributed by atoms with Crippen molar-refractivity contribution in [3.05, 3.63) is 46.0 Å². The van der Waals surface area contributed by atoms with Crippen LogP contribution in [0.1, 0.15) is 11.6 Å². The summed E-state index contributed by atoms with van der Waals surface area (Å²) in [5, 5.41) is 13.1. The monoisotopic (exact) mass is 164 g/mol. The van der Waals surface area contributed by atoms with Gasteiger partial charge in [-0.25, -0.2) is 5.32 Å². The Bertz CT molecular complexity index is 299. The van der Waals surface area contributed by atoms with Crippen molar-refractivity contribution in [2.45, 2.75) is 12.2 Å². The molecule has 2 rings (SSSR count). The fourth-order valence-corrected chi connectivity index (χ4v) is 1.25. The fourth-order valence-electron chi connectivity index (χ4n) is 1.25. The molecule has 1 heterocycles. The van der Waals surface area contributed by atoms with Gasteiger partial charge in [0.05, 0.1) is 0 Å². The third-order valence-electron chi connectivity index (χ3n) is 1.94. The van der Waals surface area contributed by atoms with Gasteiger partial charge in [-0.15, -0.1) is 0 Å². The topological polar surface area (TPSA) is 65.1 Å². The summed E-state index contributed by atoms with van der Waals surface area (Å²) in [6.45, 7) is 0. The summed E-state index contributed by atoms with van der Waals surface area (Å²) in [4.78, 5) is 9.99. The summed E-state index contributed by atoms with van der Waals surface area (Å²) < 4.78 is 0. The molecule has 62 valence electrons. The third-order valence-corrected chi connectivity index (χ3v) is 1.94. The average molecular weight is 164 g/mol. The van der Waals surface area contributed by atoms with Gasteiger partial charge in [-0.2, -0.15) is 0 Å². The van der Waals surface area contributed by atoms with Gasteiger partial charge < -0.3 is 0 Å². The first-order valence-corrected chi connectivity index (χ1v) is 3.73. The van der Waals surface area contributed by atoms with E-state index in [1.54, 1.807) is 0 Å². The van der Waals surface area contributed by atoms with Crippen LogP contribution in [0.2, 0.25) is 0 Å². The lowest BCUT2D eigenvalue weighted by Gasteiger charge is -1.91. The van der Waals surface area contributed by atoms with Crippen LogP contribution in [-0.4, -0.2) is 11.1 Å². The quantitative estimate of drug-likeness (QED) is 0.401. The van der Waals surface area contributed by atoms with Gasteiger partial charge in [0.1, 0.15) is 6.04 Å². The Morgan fingerprint density at radius 1 is 1.33 bits per heavy atom. The van der Waals surface area contributed by atoms with Crippen molar-refractivity contribution < 1.29 is 4.92 Å². The Kier molecular flexibility index (Phi) is 1.55. The first kappa shape index (κ1) is 7.24. The molecular weight excluding hydrogens is 156 g/mol. The highest BCUT2D eigenvalue weighted by Crippen LogP contribution is 2.29. The molecule has 1 aliphatic rings. The van der Waals surface area contributed by atoms with Crippen molar-refractivity contribution in [1.82, 2.24) is 5.32 Å². The first-order chi connectivity index (χ1) is 5.79. The Labute approximate surface area is 69.4 Å². The van der Waals surface area contributed by atoms with Crippen LogP contribution in [0.15, 0.2) is 30.3 Å². The summed E-state index contributed by atoms with van der Waals surface area (Å²) in [7, 11) is 0. The van der Waals surface area contributed by atoms with Gasteiger partial charge >= 0.3 is 0 Å². The predicted octanol–water partition coefficient (Wildman–Crippen LogP) is 0.934. The van der Waals surface area contributed by atoms with E-state index in [-0.39, 0.29) is 11.0 Å². The molecule has 4 nitrogen and oxygen atoms in total. The first-order valence-electron chi connectivity index (χ1n) is 3.73. The van der Waals surface area contributed by atoms with Crippen molar-refractivity contribution in [3.63, 3.8) is 0 Å². The highest BCUT2D eigenvalue weighted by atomic mass is 16.6. The van der Waals surface area contributed by atoms with E-state index < -0.39 is 6.17 Å². The Morgan fingerprint density at radius 3 is 2.50 bits per heavy atom. The highest BCUT2D eigenvalue weighted by molar-refractivity contribution is 5.24. The number of nitro groups is 1. The van der Waals surface area contributed by atoms with Crippen LogP contribution < -0.4 is 5.32 Å². The van der Waals surface area contributed by atoms with Crippen LogP contribution in [0.25, 0.3) is 0 Å². The van der Waals surface area contributed by atoms with E-state index in [0.29, 0.717) is 0 Å². The normalized spacial score (nSPS) is 26.7. The molecule has 12 heavy (non-hydrogen) atoms. The molecule has 0 radical (unpaired) electrons. The maximum atomic E-state index is 10.3. The Balaban J connectivity index is 2.11. The molecule has 1 aliphatic heterocycles. The molecule has 0 spiro atoms. The van der Waals surface area contributed by atoms with Crippen molar-refractivity contribution in [3.8, 4) is 0 Å². The molecule has 1 aromatic rings. The zero-order valence-corrected chi connectivity index (χ0v) is 6.31. The summed E-state index contributed by atoms with van der Waals surface area (Å²) in [6.07, 6.45) is -0.576. The van der Waals surface area contributed by atoms with Gasteiger partial charge in [-0.1, -0.05) is 30.3 Å². The summed E-state index contributed by atoms with van der Waals surface area (Å²) >= 11 is 0. The van der Waals surface area contributed by atoms with Crippen LogP contribution in [0.3, 0.4) is 0 Å². The zero-order chi connectivity index (χ0) is 8.55. The molecule has 1 aromatic carbocycles. The average Bonchev–Trinajstić information content (AvgIpc) is 2.84. The Hall–Kier alpha value is -1.42. The standard InChI is InChI=1S/C8H8N2O2/c11-10(12)8-7(9-8)6-4-2-1-3-5-6/h1-5,7-9H. The van der Waals surface area contributed by atoms with Gasteiger partial charge in [0, 0.05) is 4.92 Å². The summed E-state index contributed by atoms with van der Waals surface area (Å²) in [5.41, 5.74) is 0.985. The maximum absolute atomic E-state index is 10.3. The lowest BCUT2D eigenvalue weighted by molar-refractivity contribution is -0.498. The van der Waals surface area contributed by atoms with Crippen molar-refractivity contribution in [2.24, 2.45) is 0 Å². The predicted molar refractivity (Wildman–Crippen MR) is 43.1 cm³/mol. The second-order valence-corrected chi connectivity index (χ2v) is 2.79. The molecule has 1 saturated heterocycles.